The van der Waals surface area contributed by atoms with Gasteiger partial charge in [0.05, 0.1) is 6.61 Å². The Bertz CT molecular complexity index is 734. The normalized spacial score (nSPS) is 21.2. The number of Topliss-reactive ketones (excluding diaryl/α,β-unsaturated/α-hetero) is 1. The standard InChI is InChI=1S/C20H23NO5/c1-2-26-20(25)15-16(17(22)13-9-5-3-6-10-13)21(19(24)18(15)23)14-11-7-4-8-12-14/h3,5-6,9-10,14,16,23H,2,4,7-8,11-12H2,1H3. The van der Waals surface area contributed by atoms with Crippen LogP contribution in [0.25, 0.3) is 0 Å². The van der Waals surface area contributed by atoms with E-state index in [1.807, 2.05) is 0 Å². The molecule has 1 unspecified atom stereocenters. The van der Waals surface area contributed by atoms with Crippen LogP contribution >= 0.6 is 0 Å². The molecule has 0 saturated heterocycles. The second-order valence-electron chi connectivity index (χ2n) is 6.62. The largest absolute Gasteiger partial charge is 0.503 e. The molecule has 1 aliphatic heterocycles. The van der Waals surface area contributed by atoms with Crippen LogP contribution in [-0.2, 0) is 14.3 Å². The van der Waals surface area contributed by atoms with Crippen molar-refractivity contribution < 1.29 is 24.2 Å². The number of carbonyl (C=O) groups excluding carboxylic acids is 3. The molecule has 1 aliphatic carbocycles. The monoisotopic (exact) mass is 357 g/mol. The van der Waals surface area contributed by atoms with Crippen LogP contribution < -0.4 is 0 Å². The maximum absolute atomic E-state index is 13.2. The molecule has 0 bridgehead atoms. The van der Waals surface area contributed by atoms with E-state index >= 15 is 0 Å². The molecule has 26 heavy (non-hydrogen) atoms. The van der Waals surface area contributed by atoms with Gasteiger partial charge in [-0.15, -0.1) is 0 Å². The van der Waals surface area contributed by atoms with Crippen LogP contribution in [-0.4, -0.2) is 46.4 Å². The quantitative estimate of drug-likeness (QED) is 0.647. The molecule has 1 N–H and O–H groups in total. The number of aliphatic hydroxyl groups is 1. The summed E-state index contributed by atoms with van der Waals surface area (Å²) < 4.78 is 5.01. The molecule has 1 saturated carbocycles. The van der Waals surface area contributed by atoms with Gasteiger partial charge in [-0.3, -0.25) is 9.59 Å². The zero-order chi connectivity index (χ0) is 18.7. The Morgan fingerprint density at radius 3 is 2.42 bits per heavy atom. The number of nitrogens with zero attached hydrogens (tertiary/aromatic N) is 1. The maximum Gasteiger partial charge on any atom is 0.340 e. The fraction of sp³-hybridized carbons (Fsp3) is 0.450. The number of hydrogen-bond acceptors (Lipinski definition) is 5. The molecule has 1 aromatic rings. The molecule has 1 fully saturated rings. The molecule has 1 amide bonds. The molecule has 0 aromatic heterocycles. The smallest absolute Gasteiger partial charge is 0.340 e. The van der Waals surface area contributed by atoms with Crippen LogP contribution in [0.1, 0.15) is 49.4 Å². The van der Waals surface area contributed by atoms with Crippen LogP contribution in [0.5, 0.6) is 0 Å². The van der Waals surface area contributed by atoms with Gasteiger partial charge in [0.25, 0.3) is 5.91 Å². The van der Waals surface area contributed by atoms with E-state index in [1.165, 1.54) is 4.90 Å². The molecular weight excluding hydrogens is 334 g/mol. The van der Waals surface area contributed by atoms with E-state index in [9.17, 15) is 19.5 Å². The van der Waals surface area contributed by atoms with E-state index < -0.39 is 23.7 Å². The van der Waals surface area contributed by atoms with Gasteiger partial charge in [0, 0.05) is 11.6 Å². The van der Waals surface area contributed by atoms with Crippen LogP contribution in [0.4, 0.5) is 0 Å². The first-order chi connectivity index (χ1) is 12.6. The summed E-state index contributed by atoms with van der Waals surface area (Å²) in [6.45, 7) is 1.73. The molecule has 6 heteroatoms. The first-order valence-corrected chi connectivity index (χ1v) is 9.08. The van der Waals surface area contributed by atoms with Crippen molar-refractivity contribution in [1.29, 1.82) is 0 Å². The van der Waals surface area contributed by atoms with Crippen molar-refractivity contribution in [2.75, 3.05) is 6.61 Å². The number of rotatable bonds is 5. The number of ether oxygens (including phenoxy) is 1. The Hall–Kier alpha value is -2.63. The molecular formula is C20H23NO5. The average Bonchev–Trinajstić information content (AvgIpc) is 2.94. The van der Waals surface area contributed by atoms with Crippen LogP contribution in [0.15, 0.2) is 41.7 Å². The predicted molar refractivity (Wildman–Crippen MR) is 94.6 cm³/mol. The molecule has 138 valence electrons. The molecule has 0 radical (unpaired) electrons. The molecule has 2 aliphatic rings. The average molecular weight is 357 g/mol. The summed E-state index contributed by atoms with van der Waals surface area (Å²) in [5.41, 5.74) is 0.152. The van der Waals surface area contributed by atoms with Gasteiger partial charge in [0.1, 0.15) is 11.6 Å². The summed E-state index contributed by atoms with van der Waals surface area (Å²) in [4.78, 5) is 39.7. The minimum Gasteiger partial charge on any atom is -0.503 e. The summed E-state index contributed by atoms with van der Waals surface area (Å²) in [6.07, 6.45) is 4.51. The van der Waals surface area contributed by atoms with Crippen molar-refractivity contribution in [2.24, 2.45) is 0 Å². The number of hydrogen-bond donors (Lipinski definition) is 1. The summed E-state index contributed by atoms with van der Waals surface area (Å²) in [5, 5.41) is 10.4. The first kappa shape index (κ1) is 18.2. The lowest BCUT2D eigenvalue weighted by molar-refractivity contribution is -0.139. The minimum absolute atomic E-state index is 0.0967. The Morgan fingerprint density at radius 2 is 1.81 bits per heavy atom. The number of aliphatic hydroxyl groups excluding tert-OH is 1. The highest BCUT2D eigenvalue weighted by molar-refractivity contribution is 6.16. The molecule has 1 heterocycles. The highest BCUT2D eigenvalue weighted by Crippen LogP contribution is 2.34. The van der Waals surface area contributed by atoms with Gasteiger partial charge in [0.15, 0.2) is 11.5 Å². The fourth-order valence-corrected chi connectivity index (χ4v) is 3.79. The number of benzene rings is 1. The molecule has 3 rings (SSSR count). The van der Waals surface area contributed by atoms with E-state index in [0.29, 0.717) is 5.56 Å². The van der Waals surface area contributed by atoms with Crippen LogP contribution in [0.3, 0.4) is 0 Å². The van der Waals surface area contributed by atoms with E-state index in [-0.39, 0.29) is 24.0 Å². The number of esters is 1. The lowest BCUT2D eigenvalue weighted by Gasteiger charge is -2.35. The third kappa shape index (κ3) is 3.23. The third-order valence-corrected chi connectivity index (χ3v) is 5.01. The minimum atomic E-state index is -1.13. The topological polar surface area (TPSA) is 83.9 Å². The Labute approximate surface area is 152 Å². The zero-order valence-corrected chi connectivity index (χ0v) is 14.8. The van der Waals surface area contributed by atoms with Gasteiger partial charge in [0.2, 0.25) is 0 Å². The molecule has 0 spiro atoms. The first-order valence-electron chi connectivity index (χ1n) is 9.08. The van der Waals surface area contributed by atoms with Gasteiger partial charge in [-0.05, 0) is 19.8 Å². The van der Waals surface area contributed by atoms with E-state index in [4.69, 9.17) is 4.74 Å². The Morgan fingerprint density at radius 1 is 1.15 bits per heavy atom. The lowest BCUT2D eigenvalue weighted by Crippen LogP contribution is -2.49. The van der Waals surface area contributed by atoms with Crippen molar-refractivity contribution >= 4 is 17.7 Å². The van der Waals surface area contributed by atoms with Crippen molar-refractivity contribution in [3.05, 3.63) is 47.2 Å². The highest BCUT2D eigenvalue weighted by Gasteiger charge is 2.50. The van der Waals surface area contributed by atoms with E-state index in [0.717, 1.165) is 32.1 Å². The van der Waals surface area contributed by atoms with E-state index in [1.54, 1.807) is 37.3 Å². The van der Waals surface area contributed by atoms with Crippen LogP contribution in [0, 0.1) is 0 Å². The summed E-state index contributed by atoms with van der Waals surface area (Å²) in [7, 11) is 0. The number of carbonyl (C=O) groups is 3. The molecule has 1 aromatic carbocycles. The predicted octanol–water partition coefficient (Wildman–Crippen LogP) is 2.79. The van der Waals surface area contributed by atoms with Crippen molar-refractivity contribution in [1.82, 2.24) is 4.90 Å². The lowest BCUT2D eigenvalue weighted by atomic mass is 9.91. The van der Waals surface area contributed by atoms with Gasteiger partial charge < -0.3 is 14.7 Å². The van der Waals surface area contributed by atoms with Gasteiger partial charge in [-0.2, -0.15) is 0 Å². The van der Waals surface area contributed by atoms with E-state index in [2.05, 4.69) is 0 Å². The van der Waals surface area contributed by atoms with Crippen molar-refractivity contribution in [3.63, 3.8) is 0 Å². The zero-order valence-electron chi connectivity index (χ0n) is 14.8. The van der Waals surface area contributed by atoms with Gasteiger partial charge in [-0.25, -0.2) is 4.79 Å². The second kappa shape index (κ2) is 7.72. The number of ketones is 1. The summed E-state index contributed by atoms with van der Waals surface area (Å²) in [6, 6.07) is 7.23. The van der Waals surface area contributed by atoms with Crippen molar-refractivity contribution in [3.8, 4) is 0 Å². The molecule has 1 atom stereocenters. The third-order valence-electron chi connectivity index (χ3n) is 5.01. The maximum atomic E-state index is 13.2. The Balaban J connectivity index is 2.02. The van der Waals surface area contributed by atoms with Gasteiger partial charge >= 0.3 is 5.97 Å². The molecule has 6 nitrogen and oxygen atoms in total. The van der Waals surface area contributed by atoms with Gasteiger partial charge in [-0.1, -0.05) is 49.6 Å². The van der Waals surface area contributed by atoms with Crippen LogP contribution in [0.2, 0.25) is 0 Å². The summed E-state index contributed by atoms with van der Waals surface area (Å²) in [5.74, 6) is -2.51. The summed E-state index contributed by atoms with van der Waals surface area (Å²) >= 11 is 0. The van der Waals surface area contributed by atoms with Crippen molar-refractivity contribution in [2.45, 2.75) is 51.1 Å². The SMILES string of the molecule is CCOC(=O)C1=C(O)C(=O)N(C2CCCCC2)C1C(=O)c1ccccc1. The highest BCUT2D eigenvalue weighted by atomic mass is 16.5. The number of amides is 1. The second-order valence-corrected chi connectivity index (χ2v) is 6.62. The fourth-order valence-electron chi connectivity index (χ4n) is 3.79. The Kier molecular flexibility index (Phi) is 5.40.